The van der Waals surface area contributed by atoms with Gasteiger partial charge < -0.3 is 9.84 Å². The molecule has 1 heterocycles. The van der Waals surface area contributed by atoms with Crippen molar-refractivity contribution >= 4 is 0 Å². The van der Waals surface area contributed by atoms with Crippen LogP contribution in [-0.2, 0) is 4.74 Å². The van der Waals surface area contributed by atoms with Gasteiger partial charge in [0.25, 0.3) is 0 Å². The van der Waals surface area contributed by atoms with Crippen LogP contribution < -0.4 is 0 Å². The maximum Gasteiger partial charge on any atom is 0.0932 e. The lowest BCUT2D eigenvalue weighted by Gasteiger charge is -2.40. The molecule has 3 atom stereocenters. The number of aliphatic hydroxyl groups is 1. The van der Waals surface area contributed by atoms with Gasteiger partial charge in [0.15, 0.2) is 0 Å². The smallest absolute Gasteiger partial charge is 0.0932 e. The van der Waals surface area contributed by atoms with E-state index in [1.807, 2.05) is 0 Å². The molecule has 0 amide bonds. The summed E-state index contributed by atoms with van der Waals surface area (Å²) in [5.74, 6) is 1.24. The van der Waals surface area contributed by atoms with Crippen LogP contribution in [0.15, 0.2) is 0 Å². The number of rotatable bonds is 2. The SMILES string of the molecule is CCC1CCCCC1C1(O)CCOC1. The minimum Gasteiger partial charge on any atom is -0.387 e. The Morgan fingerprint density at radius 3 is 2.79 bits per heavy atom. The van der Waals surface area contributed by atoms with Crippen LogP contribution in [0.25, 0.3) is 0 Å². The van der Waals surface area contributed by atoms with E-state index in [4.69, 9.17) is 4.74 Å². The lowest BCUT2D eigenvalue weighted by Crippen LogP contribution is -2.43. The van der Waals surface area contributed by atoms with E-state index in [0.29, 0.717) is 12.5 Å². The molecule has 14 heavy (non-hydrogen) atoms. The molecule has 0 bridgehead atoms. The van der Waals surface area contributed by atoms with Gasteiger partial charge >= 0.3 is 0 Å². The highest BCUT2D eigenvalue weighted by atomic mass is 16.5. The van der Waals surface area contributed by atoms with E-state index >= 15 is 0 Å². The van der Waals surface area contributed by atoms with Crippen LogP contribution in [0.5, 0.6) is 0 Å². The molecule has 2 fully saturated rings. The van der Waals surface area contributed by atoms with Crippen LogP contribution in [0, 0.1) is 11.8 Å². The van der Waals surface area contributed by atoms with E-state index in [1.165, 1.54) is 32.1 Å². The maximum atomic E-state index is 10.5. The van der Waals surface area contributed by atoms with Crippen molar-refractivity contribution in [3.05, 3.63) is 0 Å². The third-order valence-electron chi connectivity index (χ3n) is 4.15. The Labute approximate surface area is 86.6 Å². The van der Waals surface area contributed by atoms with Crippen molar-refractivity contribution < 1.29 is 9.84 Å². The molecule has 1 N–H and O–H groups in total. The first-order valence-corrected chi connectivity index (χ1v) is 6.06. The maximum absolute atomic E-state index is 10.5. The molecule has 1 aliphatic carbocycles. The highest BCUT2D eigenvalue weighted by molar-refractivity contribution is 4.94. The first kappa shape index (κ1) is 10.4. The second-order valence-corrected chi connectivity index (χ2v) is 4.97. The summed E-state index contributed by atoms with van der Waals surface area (Å²) in [6.45, 7) is 3.58. The average Bonchev–Trinajstić information content (AvgIpc) is 2.66. The van der Waals surface area contributed by atoms with Crippen molar-refractivity contribution in [2.45, 2.75) is 51.0 Å². The predicted molar refractivity (Wildman–Crippen MR) is 56.1 cm³/mol. The van der Waals surface area contributed by atoms with E-state index in [2.05, 4.69) is 6.92 Å². The average molecular weight is 198 g/mol. The van der Waals surface area contributed by atoms with Gasteiger partial charge in [0.2, 0.25) is 0 Å². The van der Waals surface area contributed by atoms with E-state index in [-0.39, 0.29) is 0 Å². The molecule has 0 aromatic carbocycles. The van der Waals surface area contributed by atoms with Gasteiger partial charge in [0.1, 0.15) is 0 Å². The molecule has 0 spiro atoms. The van der Waals surface area contributed by atoms with Gasteiger partial charge in [0, 0.05) is 13.0 Å². The minimum atomic E-state index is -0.485. The summed E-state index contributed by atoms with van der Waals surface area (Å²) in [6, 6.07) is 0. The zero-order valence-electron chi connectivity index (χ0n) is 9.17. The molecule has 2 nitrogen and oxygen atoms in total. The Balaban J connectivity index is 2.05. The lowest BCUT2D eigenvalue weighted by molar-refractivity contribution is -0.0609. The quantitative estimate of drug-likeness (QED) is 0.738. The van der Waals surface area contributed by atoms with Gasteiger partial charge in [-0.2, -0.15) is 0 Å². The summed E-state index contributed by atoms with van der Waals surface area (Å²) in [5.41, 5.74) is -0.485. The fourth-order valence-corrected chi connectivity index (χ4v) is 3.27. The molecule has 0 aromatic rings. The molecule has 1 saturated carbocycles. The molecule has 2 rings (SSSR count). The molecule has 3 unspecified atom stereocenters. The predicted octanol–water partition coefficient (Wildman–Crippen LogP) is 2.35. The Morgan fingerprint density at radius 2 is 2.14 bits per heavy atom. The monoisotopic (exact) mass is 198 g/mol. The second kappa shape index (κ2) is 4.19. The first-order valence-electron chi connectivity index (χ1n) is 6.06. The van der Waals surface area contributed by atoms with Crippen LogP contribution in [-0.4, -0.2) is 23.9 Å². The van der Waals surface area contributed by atoms with Gasteiger partial charge in [-0.3, -0.25) is 0 Å². The molecular weight excluding hydrogens is 176 g/mol. The highest BCUT2D eigenvalue weighted by Gasteiger charge is 2.44. The summed E-state index contributed by atoms with van der Waals surface area (Å²) in [4.78, 5) is 0. The van der Waals surface area contributed by atoms with Crippen LogP contribution in [0.2, 0.25) is 0 Å². The summed E-state index contributed by atoms with van der Waals surface area (Å²) in [5, 5.41) is 10.5. The molecule has 1 aliphatic heterocycles. The molecule has 2 heteroatoms. The van der Waals surface area contributed by atoms with Crippen LogP contribution in [0.3, 0.4) is 0 Å². The van der Waals surface area contributed by atoms with Gasteiger partial charge in [-0.1, -0.05) is 32.6 Å². The highest BCUT2D eigenvalue weighted by Crippen LogP contribution is 2.42. The Kier molecular flexibility index (Phi) is 3.13. The normalized spacial score (nSPS) is 44.1. The fourth-order valence-electron chi connectivity index (χ4n) is 3.27. The van der Waals surface area contributed by atoms with Gasteiger partial charge in [-0.05, 0) is 18.3 Å². The van der Waals surface area contributed by atoms with Crippen molar-refractivity contribution in [2.24, 2.45) is 11.8 Å². The van der Waals surface area contributed by atoms with Crippen molar-refractivity contribution in [1.29, 1.82) is 0 Å². The Hall–Kier alpha value is -0.0800. The summed E-state index contributed by atoms with van der Waals surface area (Å²) in [6.07, 6.45) is 7.23. The molecule has 82 valence electrons. The Bertz CT molecular complexity index is 185. The van der Waals surface area contributed by atoms with Crippen molar-refractivity contribution in [2.75, 3.05) is 13.2 Å². The van der Waals surface area contributed by atoms with Crippen molar-refractivity contribution in [3.63, 3.8) is 0 Å². The van der Waals surface area contributed by atoms with E-state index in [9.17, 15) is 5.11 Å². The topological polar surface area (TPSA) is 29.5 Å². The number of hydrogen-bond acceptors (Lipinski definition) is 2. The van der Waals surface area contributed by atoms with Gasteiger partial charge in [-0.25, -0.2) is 0 Å². The van der Waals surface area contributed by atoms with Crippen molar-refractivity contribution in [3.8, 4) is 0 Å². The third-order valence-corrected chi connectivity index (χ3v) is 4.15. The molecule has 2 aliphatic rings. The summed E-state index contributed by atoms with van der Waals surface area (Å²) >= 11 is 0. The van der Waals surface area contributed by atoms with E-state index < -0.39 is 5.60 Å². The molecule has 0 radical (unpaired) electrons. The fraction of sp³-hybridized carbons (Fsp3) is 1.00. The van der Waals surface area contributed by atoms with E-state index in [1.54, 1.807) is 0 Å². The van der Waals surface area contributed by atoms with E-state index in [0.717, 1.165) is 18.9 Å². The zero-order chi connectivity index (χ0) is 10.0. The lowest BCUT2D eigenvalue weighted by atomic mass is 9.69. The molecule has 1 saturated heterocycles. The minimum absolute atomic E-state index is 0.485. The van der Waals surface area contributed by atoms with Crippen molar-refractivity contribution in [1.82, 2.24) is 0 Å². The van der Waals surface area contributed by atoms with Crippen LogP contribution >= 0.6 is 0 Å². The molecular formula is C12H22O2. The largest absolute Gasteiger partial charge is 0.387 e. The third kappa shape index (κ3) is 1.82. The summed E-state index contributed by atoms with van der Waals surface area (Å²) < 4.78 is 5.36. The number of hydrogen-bond donors (Lipinski definition) is 1. The number of ether oxygens (including phenoxy) is 1. The second-order valence-electron chi connectivity index (χ2n) is 4.97. The standard InChI is InChI=1S/C12H22O2/c1-2-10-5-3-4-6-11(10)12(13)7-8-14-9-12/h10-11,13H,2-9H2,1H3. The van der Waals surface area contributed by atoms with Gasteiger partial charge in [0.05, 0.1) is 12.2 Å². The van der Waals surface area contributed by atoms with Crippen LogP contribution in [0.1, 0.15) is 45.4 Å². The Morgan fingerprint density at radius 1 is 1.36 bits per heavy atom. The zero-order valence-corrected chi connectivity index (χ0v) is 9.17. The summed E-state index contributed by atoms with van der Waals surface area (Å²) in [7, 11) is 0. The first-order chi connectivity index (χ1) is 6.76. The van der Waals surface area contributed by atoms with Crippen LogP contribution in [0.4, 0.5) is 0 Å². The van der Waals surface area contributed by atoms with Gasteiger partial charge in [-0.15, -0.1) is 0 Å². The molecule has 0 aromatic heterocycles.